The molecule has 0 saturated heterocycles. The molecular weight excluding hydrogens is 444 g/mol. The summed E-state index contributed by atoms with van der Waals surface area (Å²) in [6.07, 6.45) is 12.9. The Morgan fingerprint density at radius 1 is 0.917 bits per heavy atom. The minimum atomic E-state index is -0.258. The molecule has 2 N–H and O–H groups in total. The number of hydrogen-bond donors (Lipinski definition) is 2. The maximum atomic E-state index is 10.6. The summed E-state index contributed by atoms with van der Waals surface area (Å²) in [4.78, 5) is 0. The van der Waals surface area contributed by atoms with E-state index in [1.807, 2.05) is 6.07 Å². The van der Waals surface area contributed by atoms with Gasteiger partial charge in [0, 0.05) is 6.61 Å². The molecule has 0 bridgehead atoms. The summed E-state index contributed by atoms with van der Waals surface area (Å²) in [5, 5.41) is 20.1. The lowest BCUT2D eigenvalue weighted by Crippen LogP contribution is -2.28. The van der Waals surface area contributed by atoms with Gasteiger partial charge in [0.25, 0.3) is 0 Å². The summed E-state index contributed by atoms with van der Waals surface area (Å²) in [6.45, 7) is 7.73. The van der Waals surface area contributed by atoms with Crippen molar-refractivity contribution in [2.24, 2.45) is 5.92 Å². The molecule has 0 aliphatic heterocycles. The van der Waals surface area contributed by atoms with Crippen molar-refractivity contribution in [3.8, 4) is 5.75 Å². The van der Waals surface area contributed by atoms with E-state index in [4.69, 9.17) is 4.74 Å². The van der Waals surface area contributed by atoms with Gasteiger partial charge in [-0.05, 0) is 91.4 Å². The molecule has 3 rings (SSSR count). The molecule has 0 heterocycles. The topological polar surface area (TPSA) is 49.7 Å². The van der Waals surface area contributed by atoms with Crippen LogP contribution < -0.4 is 4.74 Å². The van der Waals surface area contributed by atoms with Crippen LogP contribution in [-0.4, -0.2) is 22.9 Å². The number of aliphatic hydroxyl groups excluding tert-OH is 2. The highest BCUT2D eigenvalue weighted by molar-refractivity contribution is 5.43. The number of aliphatic hydroxyl groups is 2. The van der Waals surface area contributed by atoms with Crippen LogP contribution in [0.3, 0.4) is 0 Å². The summed E-state index contributed by atoms with van der Waals surface area (Å²) in [6, 6.07) is 17.4. The number of rotatable bonds is 15. The van der Waals surface area contributed by atoms with Gasteiger partial charge in [-0.2, -0.15) is 0 Å². The fourth-order valence-corrected chi connectivity index (χ4v) is 6.37. The van der Waals surface area contributed by atoms with Gasteiger partial charge in [-0.1, -0.05) is 88.9 Å². The second-order valence-electron chi connectivity index (χ2n) is 11.0. The molecule has 3 heteroatoms. The van der Waals surface area contributed by atoms with Crippen molar-refractivity contribution in [1.29, 1.82) is 0 Å². The smallest absolute Gasteiger partial charge is 0.123 e. The Labute approximate surface area is 220 Å². The van der Waals surface area contributed by atoms with Crippen LogP contribution in [0, 0.1) is 5.92 Å². The Morgan fingerprint density at radius 2 is 1.69 bits per heavy atom. The molecule has 1 aliphatic rings. The maximum Gasteiger partial charge on any atom is 0.123 e. The molecule has 0 amide bonds. The summed E-state index contributed by atoms with van der Waals surface area (Å²) in [5.74, 6) is 1.73. The predicted molar refractivity (Wildman–Crippen MR) is 151 cm³/mol. The fraction of sp³-hybridized carbons (Fsp3) is 0.636. The highest BCUT2D eigenvalue weighted by Crippen LogP contribution is 2.46. The number of ether oxygens (including phenoxy) is 1. The molecule has 1 saturated carbocycles. The van der Waals surface area contributed by atoms with Crippen molar-refractivity contribution in [3.63, 3.8) is 0 Å². The zero-order valence-electron chi connectivity index (χ0n) is 23.1. The maximum absolute atomic E-state index is 10.6. The molecule has 0 unspecified atom stereocenters. The highest BCUT2D eigenvalue weighted by atomic mass is 16.5. The molecule has 0 spiro atoms. The van der Waals surface area contributed by atoms with Crippen molar-refractivity contribution in [2.45, 2.75) is 122 Å². The van der Waals surface area contributed by atoms with E-state index < -0.39 is 0 Å². The molecule has 200 valence electrons. The molecule has 3 atom stereocenters. The fourth-order valence-electron chi connectivity index (χ4n) is 6.37. The lowest BCUT2D eigenvalue weighted by atomic mass is 9.69. The Bertz CT molecular complexity index is 872. The Balaban J connectivity index is 1.96. The minimum absolute atomic E-state index is 0.180. The molecule has 0 radical (unpaired) electrons. The van der Waals surface area contributed by atoms with Crippen LogP contribution in [0.2, 0.25) is 0 Å². The standard InChI is InChI=1S/C33H50O3/c1-4-7-8-12-21-33(5-2,6-3)28-18-20-30(31-24-29(35)19-17-27(31)16-13-22-34)32(23-28)36-25-26-14-10-9-11-15-26/h9-11,14-15,18,20,23,27,29,31,34-35H,4-8,12-13,16-17,19,21-22,24-25H2,1-3H3/t27-,29-,31-/m1/s1. The van der Waals surface area contributed by atoms with Gasteiger partial charge in [-0.15, -0.1) is 0 Å². The van der Waals surface area contributed by atoms with E-state index in [-0.39, 0.29) is 24.0 Å². The second kappa shape index (κ2) is 14.8. The average molecular weight is 495 g/mol. The van der Waals surface area contributed by atoms with Gasteiger partial charge in [-0.3, -0.25) is 0 Å². The SMILES string of the molecule is CCCCCCC(CC)(CC)c1ccc([C@@H]2C[C@H](O)CC[C@H]2CCCO)c(OCc2ccccc2)c1. The summed E-state index contributed by atoms with van der Waals surface area (Å²) >= 11 is 0. The first kappa shape index (κ1) is 28.7. The van der Waals surface area contributed by atoms with Crippen molar-refractivity contribution < 1.29 is 14.9 Å². The molecule has 1 fully saturated rings. The van der Waals surface area contributed by atoms with E-state index in [1.165, 1.54) is 48.8 Å². The molecule has 1 aliphatic carbocycles. The van der Waals surface area contributed by atoms with E-state index in [1.54, 1.807) is 0 Å². The summed E-state index contributed by atoms with van der Waals surface area (Å²) in [7, 11) is 0. The molecule has 3 nitrogen and oxygen atoms in total. The normalized spacial score (nSPS) is 20.4. The zero-order valence-corrected chi connectivity index (χ0v) is 23.1. The number of benzene rings is 2. The van der Waals surface area contributed by atoms with Crippen LogP contribution in [0.25, 0.3) is 0 Å². The zero-order chi connectivity index (χ0) is 25.8. The summed E-state index contributed by atoms with van der Waals surface area (Å²) in [5.41, 5.74) is 3.99. The Hall–Kier alpha value is -1.84. The third-order valence-corrected chi connectivity index (χ3v) is 8.82. The highest BCUT2D eigenvalue weighted by Gasteiger charge is 2.34. The monoisotopic (exact) mass is 494 g/mol. The van der Waals surface area contributed by atoms with Gasteiger partial charge >= 0.3 is 0 Å². The van der Waals surface area contributed by atoms with Crippen molar-refractivity contribution in [3.05, 3.63) is 65.2 Å². The van der Waals surface area contributed by atoms with E-state index >= 15 is 0 Å². The van der Waals surface area contributed by atoms with Crippen molar-refractivity contribution in [2.75, 3.05) is 6.61 Å². The molecule has 0 aromatic heterocycles. The molecule has 2 aromatic carbocycles. The molecule has 36 heavy (non-hydrogen) atoms. The van der Waals surface area contributed by atoms with Crippen LogP contribution in [0.1, 0.15) is 120 Å². The predicted octanol–water partition coefficient (Wildman–Crippen LogP) is 8.31. The van der Waals surface area contributed by atoms with Gasteiger partial charge in [0.05, 0.1) is 6.10 Å². The largest absolute Gasteiger partial charge is 0.489 e. The van der Waals surface area contributed by atoms with E-state index in [9.17, 15) is 10.2 Å². The number of unbranched alkanes of at least 4 members (excludes halogenated alkanes) is 3. The van der Waals surface area contributed by atoms with Gasteiger partial charge in [0.2, 0.25) is 0 Å². The average Bonchev–Trinajstić information content (AvgIpc) is 2.92. The quantitative estimate of drug-likeness (QED) is 0.245. The number of hydrogen-bond acceptors (Lipinski definition) is 3. The summed E-state index contributed by atoms with van der Waals surface area (Å²) < 4.78 is 6.60. The third-order valence-electron chi connectivity index (χ3n) is 8.82. The molecular formula is C33H50O3. The van der Waals surface area contributed by atoms with Crippen LogP contribution in [0.15, 0.2) is 48.5 Å². The van der Waals surface area contributed by atoms with Crippen LogP contribution in [-0.2, 0) is 12.0 Å². The second-order valence-corrected chi connectivity index (χ2v) is 11.0. The van der Waals surface area contributed by atoms with Crippen molar-refractivity contribution in [1.82, 2.24) is 0 Å². The van der Waals surface area contributed by atoms with E-state index in [0.29, 0.717) is 12.5 Å². The molecule has 2 aromatic rings. The van der Waals surface area contributed by atoms with Gasteiger partial charge in [0.1, 0.15) is 12.4 Å². The third kappa shape index (κ3) is 7.59. The Morgan fingerprint density at radius 3 is 2.39 bits per heavy atom. The van der Waals surface area contributed by atoms with Gasteiger partial charge in [0.15, 0.2) is 0 Å². The van der Waals surface area contributed by atoms with Crippen LogP contribution in [0.4, 0.5) is 0 Å². The lowest BCUT2D eigenvalue weighted by molar-refractivity contribution is 0.0875. The lowest BCUT2D eigenvalue weighted by Gasteiger charge is -2.37. The van der Waals surface area contributed by atoms with E-state index in [2.05, 4.69) is 63.2 Å². The van der Waals surface area contributed by atoms with E-state index in [0.717, 1.165) is 50.7 Å². The minimum Gasteiger partial charge on any atom is -0.489 e. The first-order valence-corrected chi connectivity index (χ1v) is 14.7. The van der Waals surface area contributed by atoms with Crippen LogP contribution in [0.5, 0.6) is 5.75 Å². The first-order chi connectivity index (χ1) is 17.6. The van der Waals surface area contributed by atoms with Gasteiger partial charge < -0.3 is 14.9 Å². The van der Waals surface area contributed by atoms with Crippen molar-refractivity contribution >= 4 is 0 Å². The Kier molecular flexibility index (Phi) is 11.8. The van der Waals surface area contributed by atoms with Gasteiger partial charge in [-0.25, -0.2) is 0 Å². The first-order valence-electron chi connectivity index (χ1n) is 14.7. The van der Waals surface area contributed by atoms with Crippen LogP contribution >= 0.6 is 0 Å².